The van der Waals surface area contributed by atoms with Crippen molar-refractivity contribution >= 4 is 40.4 Å². The molecule has 172 valence electrons. The number of carbonyl (C=O) groups excluding carboxylic acids is 2. The lowest BCUT2D eigenvalue weighted by Gasteiger charge is -2.31. The number of ether oxygens (including phenoxy) is 1. The minimum Gasteiger partial charge on any atom is -0.376 e. The highest BCUT2D eigenvalue weighted by Gasteiger charge is 2.35. The first-order chi connectivity index (χ1) is 15.9. The maximum absolute atomic E-state index is 13.9. The summed E-state index contributed by atoms with van der Waals surface area (Å²) < 4.78 is 5.67. The number of halogens is 1. The molecule has 1 fully saturated rings. The molecule has 0 bridgehead atoms. The molecular formula is C25H26ClN3O3S. The number of aryl methyl sites for hydroxylation is 2. The molecule has 1 saturated heterocycles. The minimum atomic E-state index is -0.889. The smallest absolute Gasteiger partial charge is 0.271 e. The molecule has 33 heavy (non-hydrogen) atoms. The Morgan fingerprint density at radius 1 is 1.21 bits per heavy atom. The second kappa shape index (κ2) is 10.5. The molecule has 2 atom stereocenters. The van der Waals surface area contributed by atoms with E-state index in [1.807, 2.05) is 44.2 Å². The Morgan fingerprint density at radius 3 is 2.64 bits per heavy atom. The number of nitrogens with one attached hydrogen (secondary N) is 1. The Hall–Kier alpha value is -2.74. The van der Waals surface area contributed by atoms with Gasteiger partial charge in [-0.15, -0.1) is 11.3 Å². The standard InChI is InChI=1S/C25H26ClN3O3S/c1-16-23(33-17(2)28-16)25(31)29(20-11-6-10-19(26)14-20)22(18-8-4-3-5-9-18)24(30)27-15-21-12-7-13-32-21/h3-6,8-11,14,21-22H,7,12-13,15H2,1-2H3,(H,27,30)/t21-,22+/m1/s1. The molecule has 0 aliphatic carbocycles. The van der Waals surface area contributed by atoms with Gasteiger partial charge in [-0.1, -0.05) is 48.0 Å². The Bertz CT molecular complexity index is 1130. The lowest BCUT2D eigenvalue weighted by molar-refractivity contribution is -0.123. The lowest BCUT2D eigenvalue weighted by Crippen LogP contribution is -2.45. The Kier molecular flexibility index (Phi) is 7.42. The van der Waals surface area contributed by atoms with Gasteiger partial charge in [0.15, 0.2) is 0 Å². The average Bonchev–Trinajstić information content (AvgIpc) is 3.45. The number of hydrogen-bond acceptors (Lipinski definition) is 5. The zero-order valence-corrected chi connectivity index (χ0v) is 20.2. The molecule has 3 aromatic rings. The fourth-order valence-corrected chi connectivity index (χ4v) is 5.06. The number of anilines is 1. The van der Waals surface area contributed by atoms with Crippen LogP contribution in [0.4, 0.5) is 5.69 Å². The normalized spacial score (nSPS) is 16.4. The van der Waals surface area contributed by atoms with Gasteiger partial charge in [-0.2, -0.15) is 0 Å². The van der Waals surface area contributed by atoms with E-state index in [0.717, 1.165) is 17.8 Å². The van der Waals surface area contributed by atoms with E-state index >= 15 is 0 Å². The molecule has 1 aromatic heterocycles. The van der Waals surface area contributed by atoms with Gasteiger partial charge in [0.05, 0.1) is 16.8 Å². The fraction of sp³-hybridized carbons (Fsp3) is 0.320. The number of carbonyl (C=O) groups is 2. The summed E-state index contributed by atoms with van der Waals surface area (Å²) in [6.07, 6.45) is 1.89. The van der Waals surface area contributed by atoms with E-state index < -0.39 is 6.04 Å². The van der Waals surface area contributed by atoms with Gasteiger partial charge in [-0.05, 0) is 50.5 Å². The average molecular weight is 484 g/mol. The number of aromatic nitrogens is 1. The third-order valence-corrected chi connectivity index (χ3v) is 6.85. The van der Waals surface area contributed by atoms with Crippen molar-refractivity contribution in [3.05, 3.63) is 80.8 Å². The second-order valence-electron chi connectivity index (χ2n) is 8.00. The summed E-state index contributed by atoms with van der Waals surface area (Å²) in [5, 5.41) is 4.28. The first-order valence-corrected chi connectivity index (χ1v) is 12.1. The molecular weight excluding hydrogens is 458 g/mol. The summed E-state index contributed by atoms with van der Waals surface area (Å²) >= 11 is 7.61. The molecule has 6 nitrogen and oxygen atoms in total. The van der Waals surface area contributed by atoms with Gasteiger partial charge >= 0.3 is 0 Å². The number of thiazole rings is 1. The lowest BCUT2D eigenvalue weighted by atomic mass is 10.0. The molecule has 1 aliphatic heterocycles. The summed E-state index contributed by atoms with van der Waals surface area (Å²) in [6.45, 7) is 4.78. The van der Waals surface area contributed by atoms with Crippen LogP contribution in [0.1, 0.15) is 44.8 Å². The summed E-state index contributed by atoms with van der Waals surface area (Å²) in [5.41, 5.74) is 1.88. The van der Waals surface area contributed by atoms with E-state index in [1.54, 1.807) is 24.3 Å². The second-order valence-corrected chi connectivity index (χ2v) is 9.64. The van der Waals surface area contributed by atoms with Crippen LogP contribution in [0.5, 0.6) is 0 Å². The van der Waals surface area contributed by atoms with Crippen LogP contribution in [0, 0.1) is 13.8 Å². The van der Waals surface area contributed by atoms with Gasteiger partial charge in [0.25, 0.3) is 5.91 Å². The van der Waals surface area contributed by atoms with E-state index in [1.165, 1.54) is 16.2 Å². The van der Waals surface area contributed by atoms with Gasteiger partial charge < -0.3 is 10.1 Å². The van der Waals surface area contributed by atoms with Crippen molar-refractivity contribution in [2.45, 2.75) is 38.8 Å². The largest absolute Gasteiger partial charge is 0.376 e. The topological polar surface area (TPSA) is 71.5 Å². The number of hydrogen-bond donors (Lipinski definition) is 1. The highest BCUT2D eigenvalue weighted by Crippen LogP contribution is 2.33. The fourth-order valence-electron chi connectivity index (χ4n) is 4.02. The summed E-state index contributed by atoms with van der Waals surface area (Å²) in [7, 11) is 0. The van der Waals surface area contributed by atoms with Gasteiger partial charge in [0, 0.05) is 23.9 Å². The molecule has 2 heterocycles. The first-order valence-electron chi connectivity index (χ1n) is 10.9. The number of nitrogens with zero attached hydrogens (tertiary/aromatic N) is 2. The maximum Gasteiger partial charge on any atom is 0.271 e. The van der Waals surface area contributed by atoms with Crippen molar-refractivity contribution in [3.63, 3.8) is 0 Å². The third-order valence-electron chi connectivity index (χ3n) is 5.55. The van der Waals surface area contributed by atoms with Crippen molar-refractivity contribution < 1.29 is 14.3 Å². The van der Waals surface area contributed by atoms with Crippen molar-refractivity contribution in [1.82, 2.24) is 10.3 Å². The van der Waals surface area contributed by atoms with Crippen LogP contribution in [0.3, 0.4) is 0 Å². The number of amides is 2. The highest BCUT2D eigenvalue weighted by atomic mass is 35.5. The van der Waals surface area contributed by atoms with Crippen LogP contribution in [-0.4, -0.2) is 36.1 Å². The van der Waals surface area contributed by atoms with Crippen molar-refractivity contribution in [2.75, 3.05) is 18.1 Å². The molecule has 0 saturated carbocycles. The molecule has 0 unspecified atom stereocenters. The molecule has 8 heteroatoms. The molecule has 4 rings (SSSR count). The Labute approximate surface area is 202 Å². The Balaban J connectivity index is 1.77. The van der Waals surface area contributed by atoms with Gasteiger partial charge in [-0.3, -0.25) is 14.5 Å². The van der Waals surface area contributed by atoms with Crippen molar-refractivity contribution in [1.29, 1.82) is 0 Å². The van der Waals surface area contributed by atoms with Crippen LogP contribution in [-0.2, 0) is 9.53 Å². The van der Waals surface area contributed by atoms with Crippen molar-refractivity contribution in [3.8, 4) is 0 Å². The van der Waals surface area contributed by atoms with Crippen LogP contribution >= 0.6 is 22.9 Å². The quantitative estimate of drug-likeness (QED) is 0.507. The van der Waals surface area contributed by atoms with E-state index in [-0.39, 0.29) is 17.9 Å². The van der Waals surface area contributed by atoms with Crippen LogP contribution in [0.2, 0.25) is 5.02 Å². The number of rotatable bonds is 7. The van der Waals surface area contributed by atoms with Crippen LogP contribution < -0.4 is 10.2 Å². The minimum absolute atomic E-state index is 0.00733. The van der Waals surface area contributed by atoms with Crippen LogP contribution in [0.15, 0.2) is 54.6 Å². The molecule has 0 spiro atoms. The van der Waals surface area contributed by atoms with Crippen LogP contribution in [0.25, 0.3) is 0 Å². The van der Waals surface area contributed by atoms with Gasteiger partial charge in [-0.25, -0.2) is 4.98 Å². The zero-order chi connectivity index (χ0) is 23.4. The molecule has 2 aromatic carbocycles. The number of benzene rings is 2. The van der Waals surface area contributed by atoms with E-state index in [9.17, 15) is 9.59 Å². The van der Waals surface area contributed by atoms with E-state index in [2.05, 4.69) is 10.3 Å². The highest BCUT2D eigenvalue weighted by molar-refractivity contribution is 7.13. The summed E-state index contributed by atoms with van der Waals surface area (Å²) in [4.78, 5) is 34.0. The first kappa shape index (κ1) is 23.4. The predicted octanol–water partition coefficient (Wildman–Crippen LogP) is 5.10. The SMILES string of the molecule is Cc1nc(C)c(C(=O)N(c2cccc(Cl)c2)[C@H](C(=O)NC[C@H]2CCCO2)c2ccccc2)s1. The van der Waals surface area contributed by atoms with Crippen molar-refractivity contribution in [2.24, 2.45) is 0 Å². The van der Waals surface area contributed by atoms with Gasteiger partial charge in [0.2, 0.25) is 5.91 Å². The zero-order valence-electron chi connectivity index (χ0n) is 18.6. The maximum atomic E-state index is 13.9. The van der Waals surface area contributed by atoms with E-state index in [0.29, 0.717) is 40.0 Å². The molecule has 0 radical (unpaired) electrons. The van der Waals surface area contributed by atoms with E-state index in [4.69, 9.17) is 16.3 Å². The molecule has 2 amide bonds. The Morgan fingerprint density at radius 2 is 2.00 bits per heavy atom. The summed E-state index contributed by atoms with van der Waals surface area (Å²) in [6, 6.07) is 15.4. The molecule has 1 aliphatic rings. The van der Waals surface area contributed by atoms with Gasteiger partial charge in [0.1, 0.15) is 10.9 Å². The predicted molar refractivity (Wildman–Crippen MR) is 131 cm³/mol. The summed E-state index contributed by atoms with van der Waals surface area (Å²) in [5.74, 6) is -0.564. The third kappa shape index (κ3) is 5.43. The molecule has 1 N–H and O–H groups in total. The monoisotopic (exact) mass is 483 g/mol.